The molecule has 1 heterocycles. The molecule has 32 heavy (non-hydrogen) atoms. The molecular formula is C22H25Br2N3O5. The fraction of sp³-hybridized carbons (Fsp3) is 0.591. The summed E-state index contributed by atoms with van der Waals surface area (Å²) < 4.78 is 0. The van der Waals surface area contributed by atoms with Crippen LogP contribution in [0.4, 0.5) is 11.4 Å². The van der Waals surface area contributed by atoms with Crippen LogP contribution in [0.15, 0.2) is 18.2 Å². The van der Waals surface area contributed by atoms with Gasteiger partial charge in [0.1, 0.15) is 0 Å². The molecular weight excluding hydrogens is 546 g/mol. The summed E-state index contributed by atoms with van der Waals surface area (Å²) in [5, 5.41) is 13.7. The number of nitro benzene ring substituents is 1. The number of imide groups is 1. The molecule has 1 saturated heterocycles. The third kappa shape index (κ3) is 4.11. The van der Waals surface area contributed by atoms with Gasteiger partial charge < -0.3 is 5.32 Å². The number of hydrogen-bond acceptors (Lipinski definition) is 5. The quantitative estimate of drug-likeness (QED) is 0.166. The Bertz CT molecular complexity index is 939. The van der Waals surface area contributed by atoms with Crippen molar-refractivity contribution in [2.45, 2.75) is 48.7 Å². The van der Waals surface area contributed by atoms with Crippen LogP contribution in [0.3, 0.4) is 0 Å². The predicted molar refractivity (Wildman–Crippen MR) is 126 cm³/mol. The number of fused-ring (bicyclic) bond motifs is 5. The number of unbranched alkanes of at least 4 members (excludes halogenated alkanes) is 2. The molecule has 1 aromatic carbocycles. The first kappa shape index (κ1) is 23.4. The summed E-state index contributed by atoms with van der Waals surface area (Å²) >= 11 is 7.38. The molecule has 3 amide bonds. The second-order valence-corrected chi connectivity index (χ2v) is 11.1. The maximum absolute atomic E-state index is 12.9. The van der Waals surface area contributed by atoms with E-state index in [2.05, 4.69) is 37.2 Å². The molecule has 0 spiro atoms. The number of nitrogens with one attached hydrogen (secondary N) is 1. The highest BCUT2D eigenvalue weighted by Crippen LogP contribution is 2.60. The first-order chi connectivity index (χ1) is 15.2. The number of benzene rings is 1. The van der Waals surface area contributed by atoms with Gasteiger partial charge in [-0.05, 0) is 44.1 Å². The van der Waals surface area contributed by atoms with Gasteiger partial charge in [0.15, 0.2) is 0 Å². The van der Waals surface area contributed by atoms with E-state index in [0.29, 0.717) is 37.1 Å². The van der Waals surface area contributed by atoms with Crippen molar-refractivity contribution < 1.29 is 19.3 Å². The van der Waals surface area contributed by atoms with Gasteiger partial charge in [-0.2, -0.15) is 0 Å². The zero-order valence-corrected chi connectivity index (χ0v) is 20.8. The summed E-state index contributed by atoms with van der Waals surface area (Å²) in [4.78, 5) is 50.4. The fourth-order valence-electron chi connectivity index (χ4n) is 5.47. The lowest BCUT2D eigenvalue weighted by atomic mass is 9.81. The van der Waals surface area contributed by atoms with Gasteiger partial charge in [0.25, 0.3) is 5.69 Å². The molecule has 1 aromatic rings. The molecule has 0 unspecified atom stereocenters. The van der Waals surface area contributed by atoms with E-state index in [1.54, 1.807) is 19.1 Å². The van der Waals surface area contributed by atoms with Crippen LogP contribution in [0.1, 0.15) is 37.7 Å². The van der Waals surface area contributed by atoms with Gasteiger partial charge in [-0.3, -0.25) is 29.4 Å². The maximum Gasteiger partial charge on any atom is 0.274 e. The standard InChI is InChI=1S/C22H25Br2N3O5/c1-11-6-7-12(9-15(11)27(31)32)25-16(28)5-3-2-4-8-26-21(29)17-13-10-14(18(17)22(26)30)20(24)19(13)23/h6-7,9,13-14,17-20H,2-5,8,10H2,1H3,(H,25,28)/t13-,14+,17+,18-,19-,20-/m1/s1. The summed E-state index contributed by atoms with van der Waals surface area (Å²) in [6.45, 7) is 2.05. The van der Waals surface area contributed by atoms with Crippen LogP contribution >= 0.6 is 31.9 Å². The monoisotopic (exact) mass is 569 g/mol. The van der Waals surface area contributed by atoms with E-state index < -0.39 is 4.92 Å². The Morgan fingerprint density at radius 3 is 2.34 bits per heavy atom. The molecule has 0 aromatic heterocycles. The number of alkyl halides is 2. The van der Waals surface area contributed by atoms with Crippen LogP contribution in [0, 0.1) is 40.7 Å². The van der Waals surface area contributed by atoms with Gasteiger partial charge in [0, 0.05) is 39.9 Å². The lowest BCUT2D eigenvalue weighted by molar-refractivity contribution is -0.385. The lowest BCUT2D eigenvalue weighted by Crippen LogP contribution is -2.37. The second kappa shape index (κ2) is 9.21. The number of nitrogens with zero attached hydrogens (tertiary/aromatic N) is 2. The zero-order chi connectivity index (χ0) is 23.2. The number of nitro groups is 1. The number of carbonyl (C=O) groups excluding carboxylic acids is 3. The van der Waals surface area contributed by atoms with Crippen LogP contribution in [0.5, 0.6) is 0 Å². The highest BCUT2D eigenvalue weighted by molar-refractivity contribution is 9.12. The molecule has 3 aliphatic rings. The van der Waals surface area contributed by atoms with E-state index in [1.165, 1.54) is 11.0 Å². The minimum absolute atomic E-state index is 0.0292. The molecule has 1 aliphatic heterocycles. The first-order valence-electron chi connectivity index (χ1n) is 10.9. The second-order valence-electron chi connectivity index (χ2n) is 8.95. The van der Waals surface area contributed by atoms with Crippen LogP contribution in [0.25, 0.3) is 0 Å². The van der Waals surface area contributed by atoms with E-state index in [9.17, 15) is 24.5 Å². The van der Waals surface area contributed by atoms with Crippen molar-refractivity contribution in [2.75, 3.05) is 11.9 Å². The summed E-state index contributed by atoms with van der Waals surface area (Å²) in [7, 11) is 0. The smallest absolute Gasteiger partial charge is 0.274 e. The Hall–Kier alpha value is -1.81. The normalized spacial score (nSPS) is 30.7. The minimum Gasteiger partial charge on any atom is -0.326 e. The van der Waals surface area contributed by atoms with E-state index in [1.807, 2.05) is 0 Å². The van der Waals surface area contributed by atoms with Gasteiger partial charge >= 0.3 is 0 Å². The molecule has 4 rings (SSSR count). The average molecular weight is 571 g/mol. The van der Waals surface area contributed by atoms with Gasteiger partial charge in [-0.1, -0.05) is 44.3 Å². The third-order valence-electron chi connectivity index (χ3n) is 7.05. The Morgan fingerprint density at radius 1 is 1.12 bits per heavy atom. The minimum atomic E-state index is -0.471. The molecule has 3 fully saturated rings. The van der Waals surface area contributed by atoms with Crippen LogP contribution < -0.4 is 5.32 Å². The molecule has 2 bridgehead atoms. The van der Waals surface area contributed by atoms with Crippen molar-refractivity contribution in [3.63, 3.8) is 0 Å². The van der Waals surface area contributed by atoms with Crippen molar-refractivity contribution in [1.82, 2.24) is 4.90 Å². The van der Waals surface area contributed by atoms with Crippen LogP contribution in [-0.4, -0.2) is 43.7 Å². The number of rotatable bonds is 8. The summed E-state index contributed by atoms with van der Waals surface area (Å²) in [6, 6.07) is 4.61. The SMILES string of the molecule is Cc1ccc(NC(=O)CCCCCN2C(=O)[C@@H]3[C@@H]4C[C@@H]([C@@H](Br)[C@@H]4Br)[C@@H]3C2=O)cc1[N+](=O)[O-]. The molecule has 8 nitrogen and oxygen atoms in total. The highest BCUT2D eigenvalue weighted by Gasteiger charge is 2.66. The molecule has 6 atom stereocenters. The zero-order valence-electron chi connectivity index (χ0n) is 17.6. The van der Waals surface area contributed by atoms with Gasteiger partial charge in [-0.15, -0.1) is 0 Å². The first-order valence-corrected chi connectivity index (χ1v) is 12.7. The van der Waals surface area contributed by atoms with Crippen molar-refractivity contribution in [3.05, 3.63) is 33.9 Å². The van der Waals surface area contributed by atoms with Crippen molar-refractivity contribution in [2.24, 2.45) is 23.7 Å². The van der Waals surface area contributed by atoms with Gasteiger partial charge in [0.05, 0.1) is 16.8 Å². The predicted octanol–water partition coefficient (Wildman–Crippen LogP) is 4.18. The Morgan fingerprint density at radius 2 is 1.75 bits per heavy atom. The number of halogens is 2. The largest absolute Gasteiger partial charge is 0.326 e. The topological polar surface area (TPSA) is 110 Å². The van der Waals surface area contributed by atoms with Crippen LogP contribution in [0.2, 0.25) is 0 Å². The third-order valence-corrected chi connectivity index (χ3v) is 10.3. The number of aryl methyl sites for hydroxylation is 1. The Balaban J connectivity index is 1.21. The molecule has 2 saturated carbocycles. The summed E-state index contributed by atoms with van der Waals surface area (Å²) in [6.07, 6.45) is 3.18. The van der Waals surface area contributed by atoms with Crippen molar-refractivity contribution in [1.29, 1.82) is 0 Å². The number of likely N-dealkylation sites (tertiary alicyclic amines) is 1. The molecule has 10 heteroatoms. The van der Waals surface area contributed by atoms with Crippen LogP contribution in [-0.2, 0) is 14.4 Å². The molecule has 0 radical (unpaired) electrons. The summed E-state index contributed by atoms with van der Waals surface area (Å²) in [5.74, 6) is -0.210. The lowest BCUT2D eigenvalue weighted by Gasteiger charge is -2.28. The highest BCUT2D eigenvalue weighted by atomic mass is 79.9. The number of amides is 3. The van der Waals surface area contributed by atoms with E-state index in [-0.39, 0.29) is 63.2 Å². The van der Waals surface area contributed by atoms with Gasteiger partial charge in [-0.25, -0.2) is 0 Å². The number of hydrogen-bond donors (Lipinski definition) is 1. The average Bonchev–Trinajstić information content (AvgIpc) is 3.35. The Kier molecular flexibility index (Phi) is 6.72. The fourth-order valence-corrected chi connectivity index (χ4v) is 7.34. The van der Waals surface area contributed by atoms with E-state index >= 15 is 0 Å². The summed E-state index contributed by atoms with van der Waals surface area (Å²) in [5.41, 5.74) is 0.907. The molecule has 2 aliphatic carbocycles. The number of anilines is 1. The Labute approximate surface area is 202 Å². The number of carbonyl (C=O) groups is 3. The van der Waals surface area contributed by atoms with Crippen molar-refractivity contribution >= 4 is 61.0 Å². The van der Waals surface area contributed by atoms with E-state index in [0.717, 1.165) is 6.42 Å². The molecule has 1 N–H and O–H groups in total. The molecule has 172 valence electrons. The van der Waals surface area contributed by atoms with Gasteiger partial charge in [0.2, 0.25) is 17.7 Å². The van der Waals surface area contributed by atoms with E-state index in [4.69, 9.17) is 0 Å². The maximum atomic E-state index is 12.9. The van der Waals surface area contributed by atoms with Crippen molar-refractivity contribution in [3.8, 4) is 0 Å².